The Balaban J connectivity index is 1.52. The van der Waals surface area contributed by atoms with Crippen molar-refractivity contribution in [3.05, 3.63) is 29.3 Å². The number of nitrogens with one attached hydrogen (secondary N) is 1. The molecule has 1 N–H and O–H groups in total. The Morgan fingerprint density at radius 2 is 1.82 bits per heavy atom. The van der Waals surface area contributed by atoms with Gasteiger partial charge < -0.3 is 9.42 Å². The second kappa shape index (κ2) is 8.68. The van der Waals surface area contributed by atoms with Gasteiger partial charge in [-0.15, -0.1) is 0 Å². The van der Waals surface area contributed by atoms with E-state index in [2.05, 4.69) is 39.1 Å². The van der Waals surface area contributed by atoms with Crippen LogP contribution in [0.5, 0.6) is 0 Å². The zero-order chi connectivity index (χ0) is 20.3. The van der Waals surface area contributed by atoms with Crippen LogP contribution in [-0.4, -0.2) is 58.7 Å². The summed E-state index contributed by atoms with van der Waals surface area (Å²) in [5.74, 6) is 2.75. The van der Waals surface area contributed by atoms with Crippen molar-refractivity contribution in [2.45, 2.75) is 46.5 Å². The number of aromatic nitrogens is 3. The molecule has 0 atom stereocenters. The van der Waals surface area contributed by atoms with Crippen molar-refractivity contribution in [2.75, 3.05) is 42.9 Å². The number of carbonyl (C=O) groups is 1. The average molecular weight is 387 g/mol. The molecule has 28 heavy (non-hydrogen) atoms. The number of nitrogens with zero attached hydrogens (tertiary/aromatic N) is 5. The van der Waals surface area contributed by atoms with Crippen LogP contribution in [0, 0.1) is 6.92 Å². The Labute approximate surface area is 166 Å². The van der Waals surface area contributed by atoms with Crippen LogP contribution in [0.4, 0.5) is 11.7 Å². The van der Waals surface area contributed by atoms with Gasteiger partial charge in [-0.05, 0) is 12.8 Å². The molecule has 1 amide bonds. The van der Waals surface area contributed by atoms with Crippen molar-refractivity contribution >= 4 is 17.6 Å². The van der Waals surface area contributed by atoms with Crippen LogP contribution in [0.2, 0.25) is 0 Å². The molecule has 3 rings (SSSR count). The predicted octanol–water partition coefficient (Wildman–Crippen LogP) is 2.78. The van der Waals surface area contributed by atoms with E-state index >= 15 is 0 Å². The highest BCUT2D eigenvalue weighted by atomic mass is 16.5. The van der Waals surface area contributed by atoms with Crippen LogP contribution < -0.4 is 10.2 Å². The fourth-order valence-corrected chi connectivity index (χ4v) is 3.13. The van der Waals surface area contributed by atoms with Crippen LogP contribution in [0.25, 0.3) is 0 Å². The Morgan fingerprint density at radius 3 is 2.43 bits per heavy atom. The Hall–Kier alpha value is -2.48. The van der Waals surface area contributed by atoms with Gasteiger partial charge in [-0.1, -0.05) is 32.9 Å². The lowest BCUT2D eigenvalue weighted by Gasteiger charge is -2.35. The molecule has 3 heterocycles. The standard InChI is InChI=1S/C20H30N6O2/c1-13(2)16-11-19(28-24-16)23-18(27)12-25-6-8-26(9-7-25)17-10-15(5)21-20(22-17)14(3)4/h10-11,13-14H,6-9,12H2,1-5H3,(H,23,27). The predicted molar refractivity (Wildman–Crippen MR) is 109 cm³/mol. The van der Waals surface area contributed by atoms with Gasteiger partial charge in [-0.2, -0.15) is 0 Å². The SMILES string of the molecule is Cc1cc(N2CCN(CC(=O)Nc3cc(C(C)C)no3)CC2)nc(C(C)C)n1. The monoisotopic (exact) mass is 386 g/mol. The van der Waals surface area contributed by atoms with E-state index < -0.39 is 0 Å². The van der Waals surface area contributed by atoms with Gasteiger partial charge in [0.25, 0.3) is 0 Å². The van der Waals surface area contributed by atoms with E-state index in [1.54, 1.807) is 6.07 Å². The molecule has 0 bridgehead atoms. The number of amides is 1. The number of anilines is 2. The second-order valence-corrected chi connectivity index (χ2v) is 7.96. The molecule has 0 spiro atoms. The molecular formula is C20H30N6O2. The highest BCUT2D eigenvalue weighted by molar-refractivity contribution is 5.91. The van der Waals surface area contributed by atoms with Crippen molar-refractivity contribution in [1.82, 2.24) is 20.0 Å². The lowest BCUT2D eigenvalue weighted by Crippen LogP contribution is -2.49. The Kier molecular flexibility index (Phi) is 6.28. The zero-order valence-corrected chi connectivity index (χ0v) is 17.4. The number of rotatable bonds is 6. The van der Waals surface area contributed by atoms with Gasteiger partial charge in [0.05, 0.1) is 12.2 Å². The van der Waals surface area contributed by atoms with Crippen molar-refractivity contribution < 1.29 is 9.32 Å². The van der Waals surface area contributed by atoms with Gasteiger partial charge in [0.1, 0.15) is 11.6 Å². The average Bonchev–Trinajstić information content (AvgIpc) is 3.10. The number of hydrogen-bond acceptors (Lipinski definition) is 7. The van der Waals surface area contributed by atoms with E-state index in [0.29, 0.717) is 18.3 Å². The number of piperazine rings is 1. The normalized spacial score (nSPS) is 15.5. The molecule has 2 aromatic heterocycles. The molecule has 0 radical (unpaired) electrons. The first kappa shape index (κ1) is 20.3. The van der Waals surface area contributed by atoms with E-state index in [9.17, 15) is 4.79 Å². The molecule has 8 heteroatoms. The van der Waals surface area contributed by atoms with Crippen LogP contribution >= 0.6 is 0 Å². The topological polar surface area (TPSA) is 87.4 Å². The zero-order valence-electron chi connectivity index (χ0n) is 17.4. The first-order chi connectivity index (χ1) is 13.3. The van der Waals surface area contributed by atoms with Crippen molar-refractivity contribution in [3.63, 3.8) is 0 Å². The van der Waals surface area contributed by atoms with Gasteiger partial charge >= 0.3 is 0 Å². The third kappa shape index (κ3) is 5.07. The Morgan fingerprint density at radius 1 is 1.11 bits per heavy atom. The number of hydrogen-bond donors (Lipinski definition) is 1. The maximum absolute atomic E-state index is 12.3. The molecule has 1 aliphatic heterocycles. The molecule has 1 aliphatic rings. The highest BCUT2D eigenvalue weighted by Gasteiger charge is 2.21. The molecule has 8 nitrogen and oxygen atoms in total. The highest BCUT2D eigenvalue weighted by Crippen LogP contribution is 2.19. The fourth-order valence-electron chi connectivity index (χ4n) is 3.13. The summed E-state index contributed by atoms with van der Waals surface area (Å²) in [6.45, 7) is 13.9. The van der Waals surface area contributed by atoms with Gasteiger partial charge in [-0.3, -0.25) is 15.0 Å². The van der Waals surface area contributed by atoms with Crippen LogP contribution in [-0.2, 0) is 4.79 Å². The number of aryl methyl sites for hydroxylation is 1. The van der Waals surface area contributed by atoms with Crippen LogP contribution in [0.3, 0.4) is 0 Å². The molecule has 152 valence electrons. The number of carbonyl (C=O) groups excluding carboxylic acids is 1. The fraction of sp³-hybridized carbons (Fsp3) is 0.600. The lowest BCUT2D eigenvalue weighted by molar-refractivity contribution is -0.117. The molecule has 0 saturated carbocycles. The maximum Gasteiger partial charge on any atom is 0.240 e. The minimum Gasteiger partial charge on any atom is -0.354 e. The van der Waals surface area contributed by atoms with Crippen molar-refractivity contribution in [1.29, 1.82) is 0 Å². The second-order valence-electron chi connectivity index (χ2n) is 7.96. The van der Waals surface area contributed by atoms with E-state index in [1.807, 2.05) is 26.8 Å². The quantitative estimate of drug-likeness (QED) is 0.817. The Bertz CT molecular complexity index is 809. The minimum atomic E-state index is -0.0834. The lowest BCUT2D eigenvalue weighted by atomic mass is 10.1. The third-order valence-corrected chi connectivity index (χ3v) is 4.82. The van der Waals surface area contributed by atoms with Gasteiger partial charge in [0.15, 0.2) is 0 Å². The molecule has 1 saturated heterocycles. The van der Waals surface area contributed by atoms with E-state index in [4.69, 9.17) is 9.51 Å². The van der Waals surface area contributed by atoms with Gasteiger partial charge in [0.2, 0.25) is 11.8 Å². The summed E-state index contributed by atoms with van der Waals surface area (Å²) in [6.07, 6.45) is 0. The maximum atomic E-state index is 12.3. The van der Waals surface area contributed by atoms with Gasteiger partial charge in [-0.25, -0.2) is 9.97 Å². The molecule has 0 aliphatic carbocycles. The van der Waals surface area contributed by atoms with E-state index in [1.165, 1.54) is 0 Å². The summed E-state index contributed by atoms with van der Waals surface area (Å²) in [4.78, 5) is 25.9. The summed E-state index contributed by atoms with van der Waals surface area (Å²) in [5, 5.41) is 6.75. The molecule has 2 aromatic rings. The van der Waals surface area contributed by atoms with Gasteiger partial charge in [0, 0.05) is 49.9 Å². The molecule has 0 aromatic carbocycles. The molecule has 0 unspecified atom stereocenters. The summed E-state index contributed by atoms with van der Waals surface area (Å²) in [7, 11) is 0. The first-order valence-electron chi connectivity index (χ1n) is 9.91. The van der Waals surface area contributed by atoms with E-state index in [0.717, 1.165) is 49.2 Å². The summed E-state index contributed by atoms with van der Waals surface area (Å²) in [6, 6.07) is 3.81. The summed E-state index contributed by atoms with van der Waals surface area (Å²) < 4.78 is 5.18. The molecule has 1 fully saturated rings. The third-order valence-electron chi connectivity index (χ3n) is 4.82. The van der Waals surface area contributed by atoms with Crippen molar-refractivity contribution in [3.8, 4) is 0 Å². The summed E-state index contributed by atoms with van der Waals surface area (Å²) in [5.41, 5.74) is 1.83. The van der Waals surface area contributed by atoms with Crippen LogP contribution in [0.15, 0.2) is 16.7 Å². The molecular weight excluding hydrogens is 356 g/mol. The van der Waals surface area contributed by atoms with E-state index in [-0.39, 0.29) is 11.8 Å². The minimum absolute atomic E-state index is 0.0834. The summed E-state index contributed by atoms with van der Waals surface area (Å²) >= 11 is 0. The largest absolute Gasteiger partial charge is 0.354 e. The smallest absolute Gasteiger partial charge is 0.240 e. The van der Waals surface area contributed by atoms with Crippen molar-refractivity contribution in [2.24, 2.45) is 0 Å². The van der Waals surface area contributed by atoms with Crippen LogP contribution in [0.1, 0.15) is 56.7 Å². The first-order valence-corrected chi connectivity index (χ1v) is 9.91.